The van der Waals surface area contributed by atoms with Crippen molar-refractivity contribution >= 4 is 11.7 Å². The number of carbonyl (C=O) groups excluding carboxylic acids is 2. The Balaban J connectivity index is 1.31. The van der Waals surface area contributed by atoms with Crippen molar-refractivity contribution in [2.24, 2.45) is 17.8 Å². The lowest BCUT2D eigenvalue weighted by Gasteiger charge is -2.37. The first kappa shape index (κ1) is 15.5. The zero-order chi connectivity index (χ0) is 16.5. The quantitative estimate of drug-likeness (QED) is 0.924. The third-order valence-corrected chi connectivity index (χ3v) is 5.49. The van der Waals surface area contributed by atoms with Gasteiger partial charge in [0.15, 0.2) is 11.5 Å². The third-order valence-electron chi connectivity index (χ3n) is 5.49. The number of carbonyl (C=O) groups is 2. The molecule has 0 aromatic heterocycles. The van der Waals surface area contributed by atoms with Gasteiger partial charge in [-0.2, -0.15) is 0 Å². The summed E-state index contributed by atoms with van der Waals surface area (Å²) >= 11 is 0. The van der Waals surface area contributed by atoms with Gasteiger partial charge in [-0.1, -0.05) is 18.6 Å². The van der Waals surface area contributed by atoms with E-state index in [0.29, 0.717) is 31.8 Å². The molecule has 1 aromatic carbocycles. The Kier molecular flexibility index (Phi) is 4.17. The summed E-state index contributed by atoms with van der Waals surface area (Å²) in [7, 11) is 0. The maximum Gasteiger partial charge on any atom is 0.223 e. The van der Waals surface area contributed by atoms with Crippen molar-refractivity contribution in [3.8, 4) is 11.5 Å². The van der Waals surface area contributed by atoms with Crippen LogP contribution in [0.1, 0.15) is 32.1 Å². The molecule has 2 saturated carbocycles. The van der Waals surface area contributed by atoms with Crippen molar-refractivity contribution in [2.45, 2.75) is 38.2 Å². The first-order chi connectivity index (χ1) is 11.7. The van der Waals surface area contributed by atoms with Gasteiger partial charge in [0.25, 0.3) is 0 Å². The van der Waals surface area contributed by atoms with Crippen molar-refractivity contribution in [1.82, 2.24) is 5.32 Å². The second kappa shape index (κ2) is 6.46. The molecule has 4 atom stereocenters. The highest BCUT2D eigenvalue weighted by Crippen LogP contribution is 2.40. The predicted octanol–water partition coefficient (Wildman–Crippen LogP) is 2.34. The number of nitrogens with one attached hydrogen (secondary N) is 1. The second-order valence-corrected chi connectivity index (χ2v) is 7.14. The summed E-state index contributed by atoms with van der Waals surface area (Å²) in [5.74, 6) is 2.10. The maximum absolute atomic E-state index is 12.5. The Labute approximate surface area is 141 Å². The Bertz CT molecular complexity index is 628. The van der Waals surface area contributed by atoms with Crippen LogP contribution in [0.5, 0.6) is 11.5 Å². The van der Waals surface area contributed by atoms with E-state index < -0.39 is 0 Å². The molecule has 2 bridgehead atoms. The van der Waals surface area contributed by atoms with E-state index in [1.165, 1.54) is 0 Å². The van der Waals surface area contributed by atoms with Crippen LogP contribution in [-0.4, -0.2) is 30.9 Å². The monoisotopic (exact) mass is 329 g/mol. The Morgan fingerprint density at radius 2 is 1.83 bits per heavy atom. The van der Waals surface area contributed by atoms with Gasteiger partial charge in [-0.05, 0) is 37.8 Å². The average molecular weight is 329 g/mol. The number of benzene rings is 1. The number of fused-ring (bicyclic) bond motifs is 3. The minimum atomic E-state index is -0.173. The molecule has 2 fully saturated rings. The summed E-state index contributed by atoms with van der Waals surface area (Å²) in [4.78, 5) is 24.6. The lowest BCUT2D eigenvalue weighted by molar-refractivity contribution is -0.137. The van der Waals surface area contributed by atoms with E-state index in [2.05, 4.69) is 5.32 Å². The van der Waals surface area contributed by atoms with Gasteiger partial charge in [-0.3, -0.25) is 9.59 Å². The van der Waals surface area contributed by atoms with Gasteiger partial charge in [-0.25, -0.2) is 0 Å². The molecule has 5 nitrogen and oxygen atoms in total. The Hall–Kier alpha value is -2.04. The van der Waals surface area contributed by atoms with E-state index in [0.717, 1.165) is 30.8 Å². The van der Waals surface area contributed by atoms with Gasteiger partial charge < -0.3 is 14.8 Å². The van der Waals surface area contributed by atoms with E-state index >= 15 is 0 Å². The Morgan fingerprint density at radius 3 is 2.58 bits per heavy atom. The zero-order valence-electron chi connectivity index (χ0n) is 13.7. The van der Waals surface area contributed by atoms with Gasteiger partial charge >= 0.3 is 0 Å². The van der Waals surface area contributed by atoms with Crippen LogP contribution in [-0.2, 0) is 9.59 Å². The molecule has 1 amide bonds. The summed E-state index contributed by atoms with van der Waals surface area (Å²) in [5, 5.41) is 3.00. The molecule has 1 aliphatic heterocycles. The molecule has 1 unspecified atom stereocenters. The smallest absolute Gasteiger partial charge is 0.223 e. The van der Waals surface area contributed by atoms with E-state index in [1.54, 1.807) is 0 Å². The fourth-order valence-corrected chi connectivity index (χ4v) is 4.22. The minimum absolute atomic E-state index is 0.0326. The normalized spacial score (nSPS) is 31.4. The van der Waals surface area contributed by atoms with Crippen LogP contribution in [0.25, 0.3) is 0 Å². The highest BCUT2D eigenvalue weighted by molar-refractivity contribution is 5.88. The maximum atomic E-state index is 12.5. The largest absolute Gasteiger partial charge is 0.486 e. The first-order valence-electron chi connectivity index (χ1n) is 8.90. The Morgan fingerprint density at radius 1 is 1.12 bits per heavy atom. The van der Waals surface area contributed by atoms with Crippen LogP contribution in [0.3, 0.4) is 0 Å². The number of amides is 1. The fourth-order valence-electron chi connectivity index (χ4n) is 4.22. The van der Waals surface area contributed by atoms with Gasteiger partial charge in [0, 0.05) is 17.8 Å². The summed E-state index contributed by atoms with van der Waals surface area (Å²) < 4.78 is 11.5. The third kappa shape index (κ3) is 2.99. The van der Waals surface area contributed by atoms with Crippen molar-refractivity contribution in [1.29, 1.82) is 0 Å². The minimum Gasteiger partial charge on any atom is -0.486 e. The number of Topliss-reactive ketones (excluding diaryl/α,β-unsaturated/α-hetero) is 1. The van der Waals surface area contributed by atoms with Gasteiger partial charge in [0.05, 0.1) is 6.54 Å². The van der Waals surface area contributed by atoms with Crippen molar-refractivity contribution in [3.05, 3.63) is 24.3 Å². The summed E-state index contributed by atoms with van der Waals surface area (Å²) in [6.07, 6.45) is 4.29. The summed E-state index contributed by atoms with van der Waals surface area (Å²) in [6.45, 7) is 0.874. The highest BCUT2D eigenvalue weighted by atomic mass is 16.6. The molecule has 3 aliphatic rings. The number of hydrogen-bond acceptors (Lipinski definition) is 4. The summed E-state index contributed by atoms with van der Waals surface area (Å²) in [5.41, 5.74) is 0. The number of ketones is 1. The molecule has 0 spiro atoms. The van der Waals surface area contributed by atoms with Crippen LogP contribution < -0.4 is 14.8 Å². The van der Waals surface area contributed by atoms with E-state index in [4.69, 9.17) is 9.47 Å². The van der Waals surface area contributed by atoms with Crippen molar-refractivity contribution in [3.63, 3.8) is 0 Å². The van der Waals surface area contributed by atoms with Crippen LogP contribution in [0.15, 0.2) is 24.3 Å². The molecule has 0 radical (unpaired) electrons. The van der Waals surface area contributed by atoms with Crippen LogP contribution in [0, 0.1) is 17.8 Å². The molecule has 1 N–H and O–H groups in total. The summed E-state index contributed by atoms with van der Waals surface area (Å²) in [6, 6.07) is 7.56. The predicted molar refractivity (Wildman–Crippen MR) is 87.9 cm³/mol. The van der Waals surface area contributed by atoms with E-state index in [9.17, 15) is 9.59 Å². The SMILES string of the molecule is O=C(NC[C@H]1COc2ccccc2O1)C1C[C@H]2CCC[C@@H](C1)C2=O. The number of para-hydroxylation sites is 2. The number of rotatable bonds is 3. The number of hydrogen-bond donors (Lipinski definition) is 1. The molecule has 128 valence electrons. The van der Waals surface area contributed by atoms with E-state index in [1.807, 2.05) is 24.3 Å². The molecule has 0 saturated heterocycles. The van der Waals surface area contributed by atoms with Gasteiger partial charge in [0.1, 0.15) is 18.5 Å². The molecule has 5 heteroatoms. The second-order valence-electron chi connectivity index (χ2n) is 7.14. The first-order valence-corrected chi connectivity index (χ1v) is 8.90. The topological polar surface area (TPSA) is 64.6 Å². The van der Waals surface area contributed by atoms with Crippen molar-refractivity contribution in [2.75, 3.05) is 13.2 Å². The molecular weight excluding hydrogens is 306 g/mol. The standard InChI is InChI=1S/C19H23NO4/c21-18-12-4-3-5-13(18)9-14(8-12)19(22)20-10-15-11-23-16-6-1-2-7-17(16)24-15/h1-2,6-7,12-15H,3-5,8-11H2,(H,20,22)/t12-,13+,14?,15-/m0/s1. The fraction of sp³-hybridized carbons (Fsp3) is 0.579. The zero-order valence-corrected chi connectivity index (χ0v) is 13.7. The molecule has 2 aliphatic carbocycles. The molecule has 24 heavy (non-hydrogen) atoms. The lowest BCUT2D eigenvalue weighted by atomic mass is 9.67. The molecular formula is C19H23NO4. The number of ether oxygens (including phenoxy) is 2. The lowest BCUT2D eigenvalue weighted by Crippen LogP contribution is -2.46. The van der Waals surface area contributed by atoms with Gasteiger partial charge in [0.2, 0.25) is 5.91 Å². The van der Waals surface area contributed by atoms with Crippen LogP contribution >= 0.6 is 0 Å². The molecule has 4 rings (SSSR count). The van der Waals surface area contributed by atoms with Crippen LogP contribution in [0.4, 0.5) is 0 Å². The molecule has 1 aromatic rings. The van der Waals surface area contributed by atoms with Crippen LogP contribution in [0.2, 0.25) is 0 Å². The van der Waals surface area contributed by atoms with Gasteiger partial charge in [-0.15, -0.1) is 0 Å². The van der Waals surface area contributed by atoms with E-state index in [-0.39, 0.29) is 29.8 Å². The highest BCUT2D eigenvalue weighted by Gasteiger charge is 2.41. The molecule has 1 heterocycles. The average Bonchev–Trinajstić information content (AvgIpc) is 2.59. The van der Waals surface area contributed by atoms with Crippen molar-refractivity contribution < 1.29 is 19.1 Å².